The number of anilines is 4. The minimum Gasteiger partial charge on any atom is -0.457 e. The van der Waals surface area contributed by atoms with Gasteiger partial charge in [0.15, 0.2) is 0 Å². The summed E-state index contributed by atoms with van der Waals surface area (Å²) in [6.07, 6.45) is 1.94. The van der Waals surface area contributed by atoms with Gasteiger partial charge in [-0.3, -0.25) is 4.57 Å². The van der Waals surface area contributed by atoms with E-state index in [2.05, 4.69) is 246 Å². The molecular formula is C59H56N4O. The summed E-state index contributed by atoms with van der Waals surface area (Å²) in [7, 11) is 0. The molecule has 0 bridgehead atoms. The third kappa shape index (κ3) is 7.49. The molecule has 2 aromatic heterocycles. The highest BCUT2D eigenvalue weighted by Gasteiger charge is 2.32. The molecule has 0 saturated carbocycles. The standard InChI is InChI=1S/C59H56N4O/c1-57(2,3)43-26-29-53-55(35-43)62(47-33-41(40-18-11-9-12-19-40)32-45(34-47)58(4,5)6)39-61(53)46-22-17-23-48(37-46)64-49-27-28-51-50-24-15-16-25-52(50)63(54(51)38-49)56-36-44(30-31-60-56)59(7,8)42-20-13-10-14-21-42/h9-38H,39H2,1-8H3. The molecule has 9 aromatic rings. The first-order chi connectivity index (χ1) is 30.7. The summed E-state index contributed by atoms with van der Waals surface area (Å²) >= 11 is 0. The zero-order valence-electron chi connectivity index (χ0n) is 38.2. The molecule has 1 aliphatic heterocycles. The quantitative estimate of drug-likeness (QED) is 0.153. The zero-order chi connectivity index (χ0) is 44.4. The molecule has 3 heterocycles. The Morgan fingerprint density at radius 3 is 1.89 bits per heavy atom. The highest BCUT2D eigenvalue weighted by Crippen LogP contribution is 2.48. The lowest BCUT2D eigenvalue weighted by molar-refractivity contribution is 0.483. The van der Waals surface area contributed by atoms with Gasteiger partial charge in [0.25, 0.3) is 0 Å². The van der Waals surface area contributed by atoms with Crippen LogP contribution in [-0.4, -0.2) is 16.2 Å². The number of para-hydroxylation sites is 1. The van der Waals surface area contributed by atoms with Crippen molar-refractivity contribution in [3.05, 3.63) is 204 Å². The number of nitrogens with zero attached hydrogens (tertiary/aromatic N) is 4. The molecule has 1 aliphatic rings. The third-order valence-electron chi connectivity index (χ3n) is 13.1. The summed E-state index contributed by atoms with van der Waals surface area (Å²) in [5.41, 5.74) is 14.0. The van der Waals surface area contributed by atoms with E-state index >= 15 is 0 Å². The first-order valence-corrected chi connectivity index (χ1v) is 22.5. The predicted octanol–water partition coefficient (Wildman–Crippen LogP) is 15.8. The van der Waals surface area contributed by atoms with Crippen LogP contribution in [0.3, 0.4) is 0 Å². The molecular weight excluding hydrogens is 781 g/mol. The van der Waals surface area contributed by atoms with Crippen molar-refractivity contribution in [2.45, 2.75) is 71.6 Å². The monoisotopic (exact) mass is 836 g/mol. The molecule has 0 N–H and O–H groups in total. The van der Waals surface area contributed by atoms with Crippen molar-refractivity contribution < 1.29 is 4.74 Å². The van der Waals surface area contributed by atoms with E-state index in [9.17, 15) is 0 Å². The van der Waals surface area contributed by atoms with E-state index in [1.807, 2.05) is 6.20 Å². The number of pyridine rings is 1. The highest BCUT2D eigenvalue weighted by molar-refractivity contribution is 6.09. The minimum absolute atomic E-state index is 0.00520. The first-order valence-electron chi connectivity index (χ1n) is 22.5. The van der Waals surface area contributed by atoms with Crippen molar-refractivity contribution in [1.29, 1.82) is 0 Å². The van der Waals surface area contributed by atoms with Crippen molar-refractivity contribution in [1.82, 2.24) is 9.55 Å². The molecule has 0 amide bonds. The van der Waals surface area contributed by atoms with Gasteiger partial charge < -0.3 is 14.5 Å². The largest absolute Gasteiger partial charge is 0.457 e. The van der Waals surface area contributed by atoms with Crippen LogP contribution < -0.4 is 14.5 Å². The lowest BCUT2D eigenvalue weighted by Crippen LogP contribution is -2.24. The molecule has 0 fully saturated rings. The van der Waals surface area contributed by atoms with Gasteiger partial charge in [-0.05, 0) is 111 Å². The third-order valence-corrected chi connectivity index (χ3v) is 13.1. The second kappa shape index (κ2) is 15.6. The lowest BCUT2D eigenvalue weighted by Gasteiger charge is -2.27. The van der Waals surface area contributed by atoms with Crippen LogP contribution >= 0.6 is 0 Å². The Bertz CT molecular complexity index is 3170. The van der Waals surface area contributed by atoms with Crippen LogP contribution in [0.5, 0.6) is 11.5 Å². The van der Waals surface area contributed by atoms with E-state index in [1.165, 1.54) is 55.8 Å². The molecule has 10 rings (SSSR count). The molecule has 0 atom stereocenters. The van der Waals surface area contributed by atoms with Crippen LogP contribution in [0.4, 0.5) is 22.7 Å². The Morgan fingerprint density at radius 1 is 0.438 bits per heavy atom. The molecule has 64 heavy (non-hydrogen) atoms. The summed E-state index contributed by atoms with van der Waals surface area (Å²) in [5, 5.41) is 2.33. The Hall–Kier alpha value is -7.11. The Balaban J connectivity index is 1.02. The van der Waals surface area contributed by atoms with E-state index in [-0.39, 0.29) is 16.2 Å². The summed E-state index contributed by atoms with van der Waals surface area (Å²) in [4.78, 5) is 9.87. The average Bonchev–Trinajstić information content (AvgIpc) is 3.85. The van der Waals surface area contributed by atoms with E-state index in [0.717, 1.165) is 39.4 Å². The maximum absolute atomic E-state index is 6.82. The molecule has 5 heteroatoms. The fourth-order valence-electron chi connectivity index (χ4n) is 9.23. The smallest absolute Gasteiger partial charge is 0.137 e. The van der Waals surface area contributed by atoms with Crippen molar-refractivity contribution in [2.24, 2.45) is 0 Å². The Morgan fingerprint density at radius 2 is 1.12 bits per heavy atom. The van der Waals surface area contributed by atoms with Crippen LogP contribution in [0.25, 0.3) is 38.8 Å². The Kier molecular flexibility index (Phi) is 9.98. The molecule has 0 radical (unpaired) electrons. The van der Waals surface area contributed by atoms with Crippen LogP contribution in [0.2, 0.25) is 0 Å². The normalized spacial score (nSPS) is 13.2. The van der Waals surface area contributed by atoms with Gasteiger partial charge in [-0.25, -0.2) is 4.98 Å². The van der Waals surface area contributed by atoms with Gasteiger partial charge in [-0.1, -0.05) is 152 Å². The van der Waals surface area contributed by atoms with Gasteiger partial charge in [0.2, 0.25) is 0 Å². The molecule has 0 aliphatic carbocycles. The number of benzene rings is 7. The number of hydrogen-bond donors (Lipinski definition) is 0. The number of fused-ring (bicyclic) bond motifs is 4. The van der Waals surface area contributed by atoms with Crippen LogP contribution in [0.1, 0.15) is 77.6 Å². The molecule has 7 aromatic carbocycles. The zero-order valence-corrected chi connectivity index (χ0v) is 38.2. The summed E-state index contributed by atoms with van der Waals surface area (Å²) < 4.78 is 9.09. The maximum Gasteiger partial charge on any atom is 0.137 e. The number of ether oxygens (including phenoxy) is 1. The van der Waals surface area contributed by atoms with E-state index in [4.69, 9.17) is 9.72 Å². The number of aromatic nitrogens is 2. The highest BCUT2D eigenvalue weighted by atomic mass is 16.5. The molecule has 5 nitrogen and oxygen atoms in total. The SMILES string of the molecule is CC(C)(C)c1cc(-c2ccccc2)cc(N2CN(c3cccc(Oc4ccc5c6ccccc6n(-c6cc(C(C)(C)c7ccccc7)ccn6)c5c4)c3)c3ccc(C(C)(C)C)cc32)c1. The van der Waals surface area contributed by atoms with Crippen LogP contribution in [0, 0.1) is 0 Å². The molecule has 0 spiro atoms. The van der Waals surface area contributed by atoms with E-state index < -0.39 is 0 Å². The molecule has 318 valence electrons. The van der Waals surface area contributed by atoms with Crippen molar-refractivity contribution >= 4 is 44.6 Å². The van der Waals surface area contributed by atoms with Gasteiger partial charge in [0.05, 0.1) is 22.4 Å². The summed E-state index contributed by atoms with van der Waals surface area (Å²) in [6.45, 7) is 19.0. The summed E-state index contributed by atoms with van der Waals surface area (Å²) in [6, 6.07) is 63.4. The fourth-order valence-corrected chi connectivity index (χ4v) is 9.23. The van der Waals surface area contributed by atoms with Gasteiger partial charge in [0.1, 0.15) is 24.0 Å². The number of hydrogen-bond acceptors (Lipinski definition) is 4. The van der Waals surface area contributed by atoms with Gasteiger partial charge in [-0.2, -0.15) is 0 Å². The summed E-state index contributed by atoms with van der Waals surface area (Å²) in [5.74, 6) is 2.42. The molecule has 0 saturated heterocycles. The van der Waals surface area contributed by atoms with E-state index in [1.54, 1.807) is 0 Å². The van der Waals surface area contributed by atoms with Gasteiger partial charge in [0, 0.05) is 45.9 Å². The van der Waals surface area contributed by atoms with Crippen LogP contribution in [-0.2, 0) is 16.2 Å². The lowest BCUT2D eigenvalue weighted by atomic mass is 9.78. The maximum atomic E-state index is 6.82. The van der Waals surface area contributed by atoms with Crippen molar-refractivity contribution in [3.63, 3.8) is 0 Å². The van der Waals surface area contributed by atoms with Crippen molar-refractivity contribution in [3.8, 4) is 28.4 Å². The van der Waals surface area contributed by atoms with E-state index in [0.29, 0.717) is 6.67 Å². The first kappa shape index (κ1) is 40.9. The average molecular weight is 837 g/mol. The van der Waals surface area contributed by atoms with Crippen molar-refractivity contribution in [2.75, 3.05) is 16.5 Å². The fraction of sp³-hybridized carbons (Fsp3) is 0.203. The van der Waals surface area contributed by atoms with Gasteiger partial charge in [-0.15, -0.1) is 0 Å². The number of rotatable bonds is 8. The minimum atomic E-state index is -0.208. The van der Waals surface area contributed by atoms with Crippen LogP contribution in [0.15, 0.2) is 182 Å². The Labute approximate surface area is 378 Å². The second-order valence-electron chi connectivity index (χ2n) is 19.9. The topological polar surface area (TPSA) is 33.5 Å². The predicted molar refractivity (Wildman–Crippen MR) is 269 cm³/mol. The van der Waals surface area contributed by atoms with Gasteiger partial charge >= 0.3 is 0 Å². The molecule has 0 unspecified atom stereocenters. The second-order valence-corrected chi connectivity index (χ2v) is 19.9.